The number of nitrogens with zero attached hydrogens (tertiary/aromatic N) is 3. The van der Waals surface area contributed by atoms with Gasteiger partial charge in [0.05, 0.1) is 0 Å². The standard InChI is InChI=1S/C19H33N5O2.HI/c1-19(2,3)26-18(25)24-12-7-16(8-13-24)15-22-17(20-4)21-9-14-23-10-5-6-11-23;/h5-6,10-11,16H,7-9,12-15H2,1-4H3,(H2,20,21,22);1H. The molecule has 1 aromatic heterocycles. The third-order valence-corrected chi connectivity index (χ3v) is 4.38. The van der Waals surface area contributed by atoms with Crippen LogP contribution < -0.4 is 10.6 Å². The van der Waals surface area contributed by atoms with Crippen LogP contribution in [-0.2, 0) is 11.3 Å². The van der Waals surface area contributed by atoms with Gasteiger partial charge in [0.15, 0.2) is 5.96 Å². The molecule has 154 valence electrons. The number of aliphatic imine (C=N–C) groups is 1. The zero-order valence-corrected chi connectivity index (χ0v) is 19.2. The molecule has 0 aromatic carbocycles. The maximum atomic E-state index is 12.1. The smallest absolute Gasteiger partial charge is 0.410 e. The van der Waals surface area contributed by atoms with Crippen LogP contribution in [0.4, 0.5) is 4.79 Å². The van der Waals surface area contributed by atoms with E-state index in [-0.39, 0.29) is 30.1 Å². The number of hydrogen-bond donors (Lipinski definition) is 2. The Kier molecular flexibility index (Phi) is 9.97. The third kappa shape index (κ3) is 8.85. The van der Waals surface area contributed by atoms with Crippen LogP contribution >= 0.6 is 24.0 Å². The lowest BCUT2D eigenvalue weighted by Crippen LogP contribution is -2.45. The number of likely N-dealkylation sites (tertiary alicyclic amines) is 1. The van der Waals surface area contributed by atoms with E-state index in [0.717, 1.165) is 51.5 Å². The highest BCUT2D eigenvalue weighted by Gasteiger charge is 2.26. The fourth-order valence-electron chi connectivity index (χ4n) is 2.93. The second-order valence-electron chi connectivity index (χ2n) is 7.71. The first kappa shape index (κ1) is 23.6. The SMILES string of the molecule is CN=C(NCCn1cccc1)NCC1CCN(C(=O)OC(C)(C)C)CC1.I. The van der Waals surface area contributed by atoms with Crippen molar-refractivity contribution in [2.75, 3.05) is 33.2 Å². The van der Waals surface area contributed by atoms with Gasteiger partial charge >= 0.3 is 6.09 Å². The summed E-state index contributed by atoms with van der Waals surface area (Å²) in [6.45, 7) is 9.80. The Balaban J connectivity index is 0.00000364. The van der Waals surface area contributed by atoms with Crippen molar-refractivity contribution in [1.82, 2.24) is 20.1 Å². The zero-order valence-electron chi connectivity index (χ0n) is 16.9. The van der Waals surface area contributed by atoms with E-state index < -0.39 is 5.60 Å². The van der Waals surface area contributed by atoms with Crippen molar-refractivity contribution in [3.63, 3.8) is 0 Å². The molecule has 2 N–H and O–H groups in total. The van der Waals surface area contributed by atoms with Gasteiger partial charge in [0, 0.05) is 52.2 Å². The van der Waals surface area contributed by atoms with Gasteiger partial charge in [-0.25, -0.2) is 4.79 Å². The predicted octanol–water partition coefficient (Wildman–Crippen LogP) is 2.92. The highest BCUT2D eigenvalue weighted by molar-refractivity contribution is 14.0. The van der Waals surface area contributed by atoms with E-state index in [4.69, 9.17) is 4.74 Å². The van der Waals surface area contributed by atoms with Gasteiger partial charge in [-0.15, -0.1) is 24.0 Å². The van der Waals surface area contributed by atoms with Gasteiger partial charge < -0.3 is 24.8 Å². The monoisotopic (exact) mass is 491 g/mol. The highest BCUT2D eigenvalue weighted by atomic mass is 127. The summed E-state index contributed by atoms with van der Waals surface area (Å²) in [6, 6.07) is 4.05. The summed E-state index contributed by atoms with van der Waals surface area (Å²) in [4.78, 5) is 18.2. The van der Waals surface area contributed by atoms with Crippen molar-refractivity contribution < 1.29 is 9.53 Å². The summed E-state index contributed by atoms with van der Waals surface area (Å²) in [5.74, 6) is 1.36. The molecule has 0 radical (unpaired) electrons. The summed E-state index contributed by atoms with van der Waals surface area (Å²) in [7, 11) is 1.79. The molecule has 27 heavy (non-hydrogen) atoms. The van der Waals surface area contributed by atoms with Crippen LogP contribution in [0.3, 0.4) is 0 Å². The summed E-state index contributed by atoms with van der Waals surface area (Å²) in [5.41, 5.74) is -0.436. The van der Waals surface area contributed by atoms with Gasteiger partial charge in [-0.2, -0.15) is 0 Å². The van der Waals surface area contributed by atoms with Crippen LogP contribution in [0.25, 0.3) is 0 Å². The first-order valence-corrected chi connectivity index (χ1v) is 9.40. The number of piperidine rings is 1. The van der Waals surface area contributed by atoms with Crippen LogP contribution in [0.1, 0.15) is 33.6 Å². The Labute approximate surface area is 179 Å². The Morgan fingerprint density at radius 3 is 2.37 bits per heavy atom. The average molecular weight is 491 g/mol. The lowest BCUT2D eigenvalue weighted by atomic mass is 9.97. The molecule has 0 atom stereocenters. The van der Waals surface area contributed by atoms with Crippen molar-refractivity contribution in [2.45, 2.75) is 45.8 Å². The third-order valence-electron chi connectivity index (χ3n) is 4.38. The number of carbonyl (C=O) groups is 1. The molecule has 0 spiro atoms. The summed E-state index contributed by atoms with van der Waals surface area (Å²) in [5, 5.41) is 6.73. The molecule has 2 rings (SSSR count). The second-order valence-corrected chi connectivity index (χ2v) is 7.71. The van der Waals surface area contributed by atoms with Gasteiger partial charge in [-0.05, 0) is 51.7 Å². The van der Waals surface area contributed by atoms with Crippen LogP contribution in [-0.4, -0.2) is 60.3 Å². The first-order valence-electron chi connectivity index (χ1n) is 9.40. The predicted molar refractivity (Wildman–Crippen MR) is 120 cm³/mol. The topological polar surface area (TPSA) is 70.9 Å². The Hall–Kier alpha value is -1.45. The van der Waals surface area contributed by atoms with Gasteiger partial charge in [-0.3, -0.25) is 4.99 Å². The molecule has 1 amide bonds. The molecule has 1 aliphatic rings. The minimum Gasteiger partial charge on any atom is -0.444 e. The number of halogens is 1. The number of hydrogen-bond acceptors (Lipinski definition) is 3. The van der Waals surface area contributed by atoms with Crippen LogP contribution in [0.2, 0.25) is 0 Å². The zero-order chi connectivity index (χ0) is 19.0. The fraction of sp³-hybridized carbons (Fsp3) is 0.684. The quantitative estimate of drug-likeness (QED) is 0.378. The molecule has 0 saturated carbocycles. The average Bonchev–Trinajstić information content (AvgIpc) is 3.10. The van der Waals surface area contributed by atoms with Crippen LogP contribution in [0.5, 0.6) is 0 Å². The minimum atomic E-state index is -0.436. The first-order chi connectivity index (χ1) is 12.4. The molecular weight excluding hydrogens is 457 g/mol. The lowest BCUT2D eigenvalue weighted by Gasteiger charge is -2.33. The molecule has 1 fully saturated rings. The molecule has 0 aliphatic carbocycles. The number of aromatic nitrogens is 1. The number of ether oxygens (including phenoxy) is 1. The van der Waals surface area contributed by atoms with E-state index in [1.165, 1.54) is 0 Å². The number of nitrogens with one attached hydrogen (secondary N) is 2. The highest BCUT2D eigenvalue weighted by Crippen LogP contribution is 2.19. The molecule has 0 bridgehead atoms. The summed E-state index contributed by atoms with van der Waals surface area (Å²) >= 11 is 0. The normalized spacial score (nSPS) is 15.9. The van der Waals surface area contributed by atoms with E-state index in [9.17, 15) is 4.79 Å². The molecule has 7 nitrogen and oxygen atoms in total. The van der Waals surface area contributed by atoms with Crippen molar-refractivity contribution in [1.29, 1.82) is 0 Å². The van der Waals surface area contributed by atoms with Crippen molar-refractivity contribution in [3.8, 4) is 0 Å². The Bertz CT molecular complexity index is 575. The summed E-state index contributed by atoms with van der Waals surface area (Å²) < 4.78 is 7.57. The number of rotatable bonds is 5. The lowest BCUT2D eigenvalue weighted by molar-refractivity contribution is 0.0185. The molecule has 8 heteroatoms. The molecule has 0 unspecified atom stereocenters. The molecule has 1 aliphatic heterocycles. The van der Waals surface area contributed by atoms with E-state index in [2.05, 4.69) is 32.6 Å². The van der Waals surface area contributed by atoms with Crippen molar-refractivity contribution in [2.24, 2.45) is 10.9 Å². The maximum absolute atomic E-state index is 12.1. The largest absolute Gasteiger partial charge is 0.444 e. The number of guanidine groups is 1. The Morgan fingerprint density at radius 1 is 1.19 bits per heavy atom. The minimum absolute atomic E-state index is 0. The van der Waals surface area contributed by atoms with E-state index in [0.29, 0.717) is 5.92 Å². The number of carbonyl (C=O) groups excluding carboxylic acids is 1. The Morgan fingerprint density at radius 2 is 1.81 bits per heavy atom. The van der Waals surface area contributed by atoms with Gasteiger partial charge in [0.1, 0.15) is 5.60 Å². The second kappa shape index (κ2) is 11.4. The van der Waals surface area contributed by atoms with Gasteiger partial charge in [0.2, 0.25) is 0 Å². The van der Waals surface area contributed by atoms with Gasteiger partial charge in [-0.1, -0.05) is 0 Å². The van der Waals surface area contributed by atoms with Gasteiger partial charge in [0.25, 0.3) is 0 Å². The maximum Gasteiger partial charge on any atom is 0.410 e. The molecule has 2 heterocycles. The fourth-order valence-corrected chi connectivity index (χ4v) is 2.93. The van der Waals surface area contributed by atoms with E-state index in [1.807, 2.05) is 37.8 Å². The molecular formula is C19H34IN5O2. The number of amides is 1. The molecule has 1 aromatic rings. The summed E-state index contributed by atoms with van der Waals surface area (Å²) in [6.07, 6.45) is 5.86. The van der Waals surface area contributed by atoms with E-state index in [1.54, 1.807) is 7.05 Å². The molecule has 1 saturated heterocycles. The van der Waals surface area contributed by atoms with E-state index >= 15 is 0 Å². The van der Waals surface area contributed by atoms with Crippen LogP contribution in [0, 0.1) is 5.92 Å². The van der Waals surface area contributed by atoms with Crippen molar-refractivity contribution >= 4 is 36.0 Å². The van der Waals surface area contributed by atoms with Crippen molar-refractivity contribution in [3.05, 3.63) is 24.5 Å². The van der Waals surface area contributed by atoms with Crippen LogP contribution in [0.15, 0.2) is 29.5 Å².